The van der Waals surface area contributed by atoms with Gasteiger partial charge in [0.15, 0.2) is 4.32 Å². The molecule has 2 aromatic rings. The number of carbonyl (C=O) groups excluding carboxylic acids is 3. The molecule has 4 rings (SSSR count). The topological polar surface area (TPSA) is 79.0 Å². The summed E-state index contributed by atoms with van der Waals surface area (Å²) in [5.74, 6) is -0.788. The SMILES string of the molecule is COc1ccc(/C=C2/SC(=S)N(NC(=O)[C@@H]3CC(=O)N(c4ccccc4)C3)C2=O)cc1. The first-order valence-electron chi connectivity index (χ1n) is 9.54. The van der Waals surface area contributed by atoms with E-state index < -0.39 is 17.7 Å². The van der Waals surface area contributed by atoms with Crippen LogP contribution in [-0.4, -0.2) is 40.7 Å². The predicted molar refractivity (Wildman–Crippen MR) is 123 cm³/mol. The van der Waals surface area contributed by atoms with E-state index >= 15 is 0 Å². The van der Waals surface area contributed by atoms with E-state index in [4.69, 9.17) is 17.0 Å². The highest BCUT2D eigenvalue weighted by Crippen LogP contribution is 2.32. The zero-order chi connectivity index (χ0) is 22.0. The van der Waals surface area contributed by atoms with Crippen molar-refractivity contribution >= 4 is 57.8 Å². The summed E-state index contributed by atoms with van der Waals surface area (Å²) in [5.41, 5.74) is 4.15. The number of amides is 3. The Kier molecular flexibility index (Phi) is 6.06. The molecule has 158 valence electrons. The number of para-hydroxylation sites is 1. The van der Waals surface area contributed by atoms with Crippen LogP contribution in [0, 0.1) is 5.92 Å². The fraction of sp³-hybridized carbons (Fsp3) is 0.182. The van der Waals surface area contributed by atoms with Gasteiger partial charge in [-0.2, -0.15) is 5.01 Å². The van der Waals surface area contributed by atoms with Crippen LogP contribution in [0.5, 0.6) is 5.75 Å². The molecule has 0 spiro atoms. The molecule has 0 aliphatic carbocycles. The Morgan fingerprint density at radius 2 is 1.87 bits per heavy atom. The highest BCUT2D eigenvalue weighted by atomic mass is 32.2. The molecule has 2 aliphatic rings. The van der Waals surface area contributed by atoms with Gasteiger partial charge in [0.05, 0.1) is 17.9 Å². The summed E-state index contributed by atoms with van der Waals surface area (Å²) < 4.78 is 5.37. The van der Waals surface area contributed by atoms with Crippen LogP contribution in [0.3, 0.4) is 0 Å². The van der Waals surface area contributed by atoms with Crippen molar-refractivity contribution in [1.29, 1.82) is 0 Å². The van der Waals surface area contributed by atoms with Crippen molar-refractivity contribution < 1.29 is 19.1 Å². The van der Waals surface area contributed by atoms with Gasteiger partial charge in [-0.05, 0) is 48.1 Å². The largest absolute Gasteiger partial charge is 0.497 e. The van der Waals surface area contributed by atoms with Crippen LogP contribution >= 0.6 is 24.0 Å². The molecule has 0 saturated carbocycles. The number of carbonyl (C=O) groups is 3. The lowest BCUT2D eigenvalue weighted by molar-refractivity contribution is -0.135. The van der Waals surface area contributed by atoms with Crippen molar-refractivity contribution in [1.82, 2.24) is 10.4 Å². The van der Waals surface area contributed by atoms with Crippen molar-refractivity contribution in [3.8, 4) is 5.75 Å². The summed E-state index contributed by atoms with van der Waals surface area (Å²) in [6.07, 6.45) is 1.79. The number of thiocarbonyl (C=S) groups is 1. The van der Waals surface area contributed by atoms with Gasteiger partial charge in [0, 0.05) is 18.7 Å². The smallest absolute Gasteiger partial charge is 0.285 e. The van der Waals surface area contributed by atoms with Gasteiger partial charge in [-0.25, -0.2) is 0 Å². The standard InChI is InChI=1S/C22H19N3O4S2/c1-29-17-9-7-14(8-10-17)11-18-21(28)25(22(30)31-18)23-20(27)15-12-19(26)24(13-15)16-5-3-2-4-6-16/h2-11,15H,12-13H2,1H3,(H,23,27)/b18-11+/t15-/m1/s1. The van der Waals surface area contributed by atoms with Crippen LogP contribution in [0.1, 0.15) is 12.0 Å². The monoisotopic (exact) mass is 453 g/mol. The maximum atomic E-state index is 12.8. The molecule has 0 unspecified atom stereocenters. The zero-order valence-electron chi connectivity index (χ0n) is 16.6. The van der Waals surface area contributed by atoms with E-state index in [1.54, 1.807) is 30.2 Å². The number of nitrogens with zero attached hydrogens (tertiary/aromatic N) is 2. The Morgan fingerprint density at radius 1 is 1.16 bits per heavy atom. The van der Waals surface area contributed by atoms with Gasteiger partial charge in [0.25, 0.3) is 5.91 Å². The lowest BCUT2D eigenvalue weighted by Crippen LogP contribution is -2.47. The van der Waals surface area contributed by atoms with E-state index in [0.717, 1.165) is 28.0 Å². The third-order valence-electron chi connectivity index (χ3n) is 4.99. The third kappa shape index (κ3) is 4.47. The van der Waals surface area contributed by atoms with Crippen molar-refractivity contribution in [2.45, 2.75) is 6.42 Å². The number of ether oxygens (including phenoxy) is 1. The molecular weight excluding hydrogens is 434 g/mol. The van der Waals surface area contributed by atoms with Crippen LogP contribution in [0.2, 0.25) is 0 Å². The van der Waals surface area contributed by atoms with Crippen LogP contribution in [-0.2, 0) is 14.4 Å². The summed E-state index contributed by atoms with van der Waals surface area (Å²) in [6, 6.07) is 16.4. The third-order valence-corrected chi connectivity index (χ3v) is 6.30. The number of nitrogens with one attached hydrogen (secondary N) is 1. The Labute approximate surface area is 189 Å². The second kappa shape index (κ2) is 8.91. The Morgan fingerprint density at radius 3 is 2.55 bits per heavy atom. The van der Waals surface area contributed by atoms with E-state index in [-0.39, 0.29) is 23.2 Å². The number of benzene rings is 2. The molecule has 3 amide bonds. The molecule has 1 N–H and O–H groups in total. The molecule has 2 saturated heterocycles. The summed E-state index contributed by atoms with van der Waals surface area (Å²) in [4.78, 5) is 39.9. The average molecular weight is 454 g/mol. The zero-order valence-corrected chi connectivity index (χ0v) is 18.2. The molecule has 2 heterocycles. The highest BCUT2D eigenvalue weighted by molar-refractivity contribution is 8.26. The molecule has 31 heavy (non-hydrogen) atoms. The van der Waals surface area contributed by atoms with Crippen molar-refractivity contribution in [3.05, 3.63) is 65.1 Å². The number of hydrogen-bond donors (Lipinski definition) is 1. The summed E-state index contributed by atoms with van der Waals surface area (Å²) in [5, 5.41) is 1.08. The summed E-state index contributed by atoms with van der Waals surface area (Å²) in [7, 11) is 1.58. The lowest BCUT2D eigenvalue weighted by Gasteiger charge is -2.19. The lowest BCUT2D eigenvalue weighted by atomic mass is 10.1. The van der Waals surface area contributed by atoms with Crippen LogP contribution in [0.15, 0.2) is 59.5 Å². The Bertz CT molecular complexity index is 1070. The molecule has 2 aromatic carbocycles. The highest BCUT2D eigenvalue weighted by Gasteiger charge is 2.39. The first-order chi connectivity index (χ1) is 15.0. The van der Waals surface area contributed by atoms with Crippen molar-refractivity contribution in [2.75, 3.05) is 18.6 Å². The number of rotatable bonds is 5. The second-order valence-electron chi connectivity index (χ2n) is 7.01. The number of hydrazine groups is 1. The Hall–Kier alpha value is -3.17. The predicted octanol–water partition coefficient (Wildman–Crippen LogP) is 2.98. The number of hydrogen-bond acceptors (Lipinski definition) is 6. The minimum Gasteiger partial charge on any atom is -0.497 e. The van der Waals surface area contributed by atoms with E-state index in [2.05, 4.69) is 5.43 Å². The molecule has 1 atom stereocenters. The maximum absolute atomic E-state index is 12.8. The maximum Gasteiger partial charge on any atom is 0.285 e. The summed E-state index contributed by atoms with van der Waals surface area (Å²) in [6.45, 7) is 0.255. The number of methoxy groups -OCH3 is 1. The van der Waals surface area contributed by atoms with Crippen LogP contribution in [0.25, 0.3) is 6.08 Å². The van der Waals surface area contributed by atoms with Gasteiger partial charge in [-0.1, -0.05) is 42.1 Å². The minimum atomic E-state index is -0.567. The van der Waals surface area contributed by atoms with Gasteiger partial charge in [-0.3, -0.25) is 19.8 Å². The number of thioether (sulfide) groups is 1. The molecule has 0 aromatic heterocycles. The summed E-state index contributed by atoms with van der Waals surface area (Å²) >= 11 is 6.40. The fourth-order valence-corrected chi connectivity index (χ4v) is 4.54. The first-order valence-corrected chi connectivity index (χ1v) is 10.8. The van der Waals surface area contributed by atoms with Crippen molar-refractivity contribution in [2.24, 2.45) is 5.92 Å². The van der Waals surface area contributed by atoms with Crippen LogP contribution in [0.4, 0.5) is 5.69 Å². The quantitative estimate of drug-likeness (QED) is 0.554. The van der Waals surface area contributed by atoms with Gasteiger partial charge < -0.3 is 9.64 Å². The Balaban J connectivity index is 1.42. The molecule has 2 aliphatic heterocycles. The molecule has 0 bridgehead atoms. The molecule has 7 nitrogen and oxygen atoms in total. The van der Waals surface area contributed by atoms with E-state index in [9.17, 15) is 14.4 Å². The van der Waals surface area contributed by atoms with Crippen molar-refractivity contribution in [3.63, 3.8) is 0 Å². The second-order valence-corrected chi connectivity index (χ2v) is 8.68. The molecule has 9 heteroatoms. The van der Waals surface area contributed by atoms with Gasteiger partial charge in [-0.15, -0.1) is 0 Å². The first kappa shape index (κ1) is 21.1. The molecule has 0 radical (unpaired) electrons. The van der Waals surface area contributed by atoms with E-state index in [1.807, 2.05) is 42.5 Å². The van der Waals surface area contributed by atoms with Gasteiger partial charge in [0.1, 0.15) is 5.75 Å². The van der Waals surface area contributed by atoms with E-state index in [1.165, 1.54) is 0 Å². The molecule has 2 fully saturated rings. The molecular formula is C22H19N3O4S2. The van der Waals surface area contributed by atoms with Crippen LogP contribution < -0.4 is 15.1 Å². The van der Waals surface area contributed by atoms with E-state index in [0.29, 0.717) is 10.7 Å². The van der Waals surface area contributed by atoms with Gasteiger partial charge >= 0.3 is 0 Å². The number of anilines is 1. The fourth-order valence-electron chi connectivity index (χ4n) is 3.36. The minimum absolute atomic E-state index is 0.0806. The normalized spacial score (nSPS) is 20.0. The average Bonchev–Trinajstić information content (AvgIpc) is 3.30. The van der Waals surface area contributed by atoms with Gasteiger partial charge in [0.2, 0.25) is 11.8 Å².